The summed E-state index contributed by atoms with van der Waals surface area (Å²) < 4.78 is 25.4. The summed E-state index contributed by atoms with van der Waals surface area (Å²) >= 11 is 0. The number of amides is 3. The highest BCUT2D eigenvalue weighted by Gasteiger charge is 2.39. The second-order valence-corrected chi connectivity index (χ2v) is 9.79. The molecule has 3 aliphatic rings. The first-order valence-corrected chi connectivity index (χ1v) is 12.4. The van der Waals surface area contributed by atoms with Crippen LogP contribution in [0.4, 0.5) is 10.1 Å². The minimum Gasteiger partial charge on any atom is -0.490 e. The highest BCUT2D eigenvalue weighted by atomic mass is 19.1. The number of anilines is 1. The molecule has 5 rings (SSSR count). The molecule has 0 spiro atoms. The van der Waals surface area contributed by atoms with Crippen LogP contribution < -0.4 is 15.4 Å². The predicted octanol–water partition coefficient (Wildman–Crippen LogP) is 3.37. The van der Waals surface area contributed by atoms with Crippen LogP contribution in [-0.2, 0) is 9.53 Å². The molecule has 2 aromatic rings. The number of nitrogens with zero attached hydrogens (tertiary/aromatic N) is 1. The number of halogens is 1. The molecule has 1 saturated carbocycles. The smallest absolute Gasteiger partial charge is 0.257 e. The Hall–Kier alpha value is -3.46. The molecule has 0 radical (unpaired) electrons. The summed E-state index contributed by atoms with van der Waals surface area (Å²) in [5, 5.41) is 5.74. The molecule has 2 aromatic carbocycles. The van der Waals surface area contributed by atoms with Gasteiger partial charge in [0.15, 0.2) is 0 Å². The van der Waals surface area contributed by atoms with Gasteiger partial charge in [0.1, 0.15) is 24.3 Å². The van der Waals surface area contributed by atoms with E-state index < -0.39 is 11.7 Å². The number of benzene rings is 2. The lowest BCUT2D eigenvalue weighted by Gasteiger charge is -2.42. The quantitative estimate of drug-likeness (QED) is 0.641. The van der Waals surface area contributed by atoms with Crippen molar-refractivity contribution in [3.05, 3.63) is 59.4 Å². The van der Waals surface area contributed by atoms with Crippen molar-refractivity contribution in [1.82, 2.24) is 10.2 Å². The van der Waals surface area contributed by atoms with Gasteiger partial charge in [-0.1, -0.05) is 0 Å². The van der Waals surface area contributed by atoms with Crippen molar-refractivity contribution in [3.8, 4) is 5.75 Å². The molecule has 0 aromatic heterocycles. The van der Waals surface area contributed by atoms with Crippen molar-refractivity contribution in [1.29, 1.82) is 0 Å². The van der Waals surface area contributed by atoms with Gasteiger partial charge in [-0.25, -0.2) is 4.39 Å². The van der Waals surface area contributed by atoms with Crippen LogP contribution in [0.5, 0.6) is 5.75 Å². The van der Waals surface area contributed by atoms with E-state index >= 15 is 0 Å². The zero-order valence-electron chi connectivity index (χ0n) is 20.2. The van der Waals surface area contributed by atoms with Crippen LogP contribution >= 0.6 is 0 Å². The number of hydrogen-bond donors (Lipinski definition) is 2. The molecule has 1 aliphatic carbocycles. The Labute approximate surface area is 209 Å². The van der Waals surface area contributed by atoms with Gasteiger partial charge < -0.3 is 25.0 Å². The van der Waals surface area contributed by atoms with Crippen LogP contribution in [0.3, 0.4) is 0 Å². The number of rotatable bonds is 6. The summed E-state index contributed by atoms with van der Waals surface area (Å²) in [6, 6.07) is 9.93. The van der Waals surface area contributed by atoms with E-state index in [0.29, 0.717) is 47.7 Å². The van der Waals surface area contributed by atoms with Crippen LogP contribution in [0, 0.1) is 11.7 Å². The Balaban J connectivity index is 1.25. The average Bonchev–Trinajstić information content (AvgIpc) is 3.70. The van der Waals surface area contributed by atoms with E-state index in [9.17, 15) is 18.8 Å². The van der Waals surface area contributed by atoms with E-state index in [2.05, 4.69) is 10.6 Å². The molecule has 2 heterocycles. The number of carbonyl (C=O) groups is 3. The molecule has 2 fully saturated rings. The number of carbonyl (C=O) groups excluding carboxylic acids is 3. The largest absolute Gasteiger partial charge is 0.490 e. The topological polar surface area (TPSA) is 97.0 Å². The second-order valence-electron chi connectivity index (χ2n) is 9.79. The van der Waals surface area contributed by atoms with Crippen molar-refractivity contribution in [2.75, 3.05) is 25.5 Å². The lowest BCUT2D eigenvalue weighted by Crippen LogP contribution is -2.54. The van der Waals surface area contributed by atoms with E-state index in [0.717, 1.165) is 6.54 Å². The molecule has 0 unspecified atom stereocenters. The predicted molar refractivity (Wildman–Crippen MR) is 130 cm³/mol. The van der Waals surface area contributed by atoms with Gasteiger partial charge in [-0.3, -0.25) is 14.4 Å². The van der Waals surface area contributed by atoms with Crippen LogP contribution in [0.1, 0.15) is 52.8 Å². The maximum atomic E-state index is 13.4. The van der Waals surface area contributed by atoms with E-state index in [1.54, 1.807) is 30.1 Å². The maximum Gasteiger partial charge on any atom is 0.257 e. The Morgan fingerprint density at radius 2 is 1.86 bits per heavy atom. The highest BCUT2D eigenvalue weighted by Crippen LogP contribution is 2.33. The first-order valence-electron chi connectivity index (χ1n) is 12.4. The van der Waals surface area contributed by atoms with Crippen LogP contribution in [0.25, 0.3) is 0 Å². The van der Waals surface area contributed by atoms with Crippen LogP contribution in [-0.4, -0.2) is 61.1 Å². The molecule has 0 bridgehead atoms. The van der Waals surface area contributed by atoms with Gasteiger partial charge in [-0.05, 0) is 74.1 Å². The van der Waals surface area contributed by atoms with E-state index in [-0.39, 0.29) is 36.7 Å². The zero-order chi connectivity index (χ0) is 25.2. The van der Waals surface area contributed by atoms with Crippen molar-refractivity contribution in [3.63, 3.8) is 0 Å². The number of fused-ring (bicyclic) bond motifs is 2. The molecule has 190 valence electrons. The van der Waals surface area contributed by atoms with Crippen LogP contribution in [0.15, 0.2) is 42.5 Å². The minimum absolute atomic E-state index is 0.00195. The first kappa shape index (κ1) is 24.2. The highest BCUT2D eigenvalue weighted by molar-refractivity contribution is 6.05. The van der Waals surface area contributed by atoms with E-state index in [4.69, 9.17) is 9.47 Å². The van der Waals surface area contributed by atoms with Gasteiger partial charge in [0, 0.05) is 24.8 Å². The van der Waals surface area contributed by atoms with Crippen molar-refractivity contribution in [2.45, 2.75) is 50.4 Å². The summed E-state index contributed by atoms with van der Waals surface area (Å²) in [6.45, 7) is 0.984. The third-order valence-electron chi connectivity index (χ3n) is 7.07. The molecular weight excluding hydrogens is 465 g/mol. The Morgan fingerprint density at radius 3 is 2.61 bits per heavy atom. The lowest BCUT2D eigenvalue weighted by atomic mass is 9.94. The molecule has 3 amide bonds. The number of nitrogens with one attached hydrogen (secondary N) is 2. The second kappa shape index (κ2) is 10.3. The molecule has 3 atom stereocenters. The number of ether oxygens (including phenoxy) is 2. The van der Waals surface area contributed by atoms with Crippen molar-refractivity contribution < 1.29 is 28.2 Å². The summed E-state index contributed by atoms with van der Waals surface area (Å²) in [7, 11) is 1.74. The van der Waals surface area contributed by atoms with E-state index in [1.165, 1.54) is 37.1 Å². The standard InChI is InChI=1S/C27H30FN3O5/c1-31-22-10-9-20(13-25(32)29-14-16-2-3-16)36-24(22)15-35-23-11-8-19(12-21(23)27(31)34)30-26(33)17-4-6-18(28)7-5-17/h4-8,11-12,16,20,22,24H,2-3,9-10,13-15H2,1H3,(H,29,32)(H,30,33)/t20-,22+,24+/m0/s1. The molecular formula is C27H30FN3O5. The number of likely N-dealkylation sites (N-methyl/N-ethyl adjacent to an activating group) is 1. The Morgan fingerprint density at radius 1 is 1.08 bits per heavy atom. The summed E-state index contributed by atoms with van der Waals surface area (Å²) in [6.07, 6.45) is 3.50. The fraction of sp³-hybridized carbons (Fsp3) is 0.444. The van der Waals surface area contributed by atoms with Gasteiger partial charge in [0.05, 0.1) is 24.1 Å². The summed E-state index contributed by atoms with van der Waals surface area (Å²) in [5.74, 6) is -0.0370. The van der Waals surface area contributed by atoms with E-state index in [1.807, 2.05) is 0 Å². The lowest BCUT2D eigenvalue weighted by molar-refractivity contribution is -0.134. The molecule has 36 heavy (non-hydrogen) atoms. The van der Waals surface area contributed by atoms with Gasteiger partial charge in [0.2, 0.25) is 5.91 Å². The summed E-state index contributed by atoms with van der Waals surface area (Å²) in [5.41, 5.74) is 1.08. The monoisotopic (exact) mass is 495 g/mol. The molecule has 1 saturated heterocycles. The maximum absolute atomic E-state index is 13.4. The third kappa shape index (κ3) is 5.51. The fourth-order valence-corrected chi connectivity index (χ4v) is 4.77. The third-order valence-corrected chi connectivity index (χ3v) is 7.07. The zero-order valence-corrected chi connectivity index (χ0v) is 20.2. The molecule has 2 N–H and O–H groups in total. The summed E-state index contributed by atoms with van der Waals surface area (Å²) in [4.78, 5) is 39.9. The Bertz CT molecular complexity index is 1150. The normalized spacial score (nSPS) is 23.4. The van der Waals surface area contributed by atoms with Gasteiger partial charge in [0.25, 0.3) is 11.8 Å². The molecule has 8 nitrogen and oxygen atoms in total. The minimum atomic E-state index is -0.424. The van der Waals surface area contributed by atoms with Crippen molar-refractivity contribution in [2.24, 2.45) is 5.92 Å². The van der Waals surface area contributed by atoms with Crippen LogP contribution in [0.2, 0.25) is 0 Å². The number of hydrogen-bond acceptors (Lipinski definition) is 5. The van der Waals surface area contributed by atoms with Gasteiger partial charge in [-0.15, -0.1) is 0 Å². The molecule has 2 aliphatic heterocycles. The van der Waals surface area contributed by atoms with Gasteiger partial charge >= 0.3 is 0 Å². The van der Waals surface area contributed by atoms with Crippen molar-refractivity contribution >= 4 is 23.4 Å². The van der Waals surface area contributed by atoms with Gasteiger partial charge in [-0.2, -0.15) is 0 Å². The Kier molecular flexibility index (Phi) is 6.91. The molecule has 9 heteroatoms. The average molecular weight is 496 g/mol. The first-order chi connectivity index (χ1) is 17.4. The SMILES string of the molecule is CN1C(=O)c2cc(NC(=O)c3ccc(F)cc3)ccc2OC[C@H]2O[C@H](CC(=O)NCC3CC3)CC[C@H]21. The fourth-order valence-electron chi connectivity index (χ4n) is 4.77.